The zero-order chi connectivity index (χ0) is 33.6. The smallest absolute Gasteiger partial charge is 0.164 e. The molecule has 49 heavy (non-hydrogen) atoms. The molecule has 0 amide bonds. The minimum Gasteiger partial charge on any atom is -0.309 e. The normalized spacial score (nSPS) is 11.2. The summed E-state index contributed by atoms with van der Waals surface area (Å²) in [5.74, 6) is 0.866. The fourth-order valence-electron chi connectivity index (χ4n) is 6.76. The third-order valence-electron chi connectivity index (χ3n) is 9.38. The zero-order valence-corrected chi connectivity index (χ0v) is 27.2. The number of nitriles is 1. The maximum atomic E-state index is 15.2. The first-order valence-corrected chi connectivity index (χ1v) is 16.1. The fraction of sp³-hybridized carbons (Fsp3) is 0. The molecule has 2 aromatic heterocycles. The predicted molar refractivity (Wildman–Crippen MR) is 205 cm³/mol. The molecule has 0 bridgehead atoms. The Labute approximate surface area is 286 Å². The summed E-state index contributed by atoms with van der Waals surface area (Å²) in [6.07, 6.45) is 0. The molecule has 0 saturated carbocycles. The van der Waals surface area contributed by atoms with Crippen molar-refractivity contribution in [3.63, 3.8) is 0 Å². The molecular weight excluding hydrogens is 602 g/mol. The van der Waals surface area contributed by atoms with E-state index in [0.29, 0.717) is 39.4 Å². The van der Waals surface area contributed by atoms with Crippen molar-refractivity contribution < 1.29 is 4.39 Å². The zero-order valence-electron chi connectivity index (χ0n) is 27.2. The highest BCUT2D eigenvalue weighted by atomic mass is 19.1. The summed E-state index contributed by atoms with van der Waals surface area (Å²) in [5.41, 5.74) is 9.26. The molecule has 0 spiro atoms. The maximum absolute atomic E-state index is 15.2. The number of rotatable bonds is 5. The van der Waals surface area contributed by atoms with Gasteiger partial charge < -0.3 is 4.57 Å². The van der Waals surface area contributed by atoms with E-state index in [4.69, 9.17) is 15.0 Å². The maximum Gasteiger partial charge on any atom is 0.164 e. The summed E-state index contributed by atoms with van der Waals surface area (Å²) >= 11 is 0. The van der Waals surface area contributed by atoms with Gasteiger partial charge in [0.05, 0.1) is 16.6 Å². The summed E-state index contributed by atoms with van der Waals surface area (Å²) in [4.78, 5) is 15.1. The van der Waals surface area contributed by atoms with Crippen LogP contribution >= 0.6 is 0 Å². The van der Waals surface area contributed by atoms with Gasteiger partial charge in [0.1, 0.15) is 35.4 Å². The van der Waals surface area contributed by atoms with Gasteiger partial charge in [0.25, 0.3) is 0 Å². The van der Waals surface area contributed by atoms with Crippen LogP contribution in [0.15, 0.2) is 127 Å². The lowest BCUT2D eigenvalue weighted by Crippen LogP contribution is -2.38. The molecule has 0 saturated heterocycles. The van der Waals surface area contributed by atoms with Crippen LogP contribution in [0.5, 0.6) is 0 Å². The van der Waals surface area contributed by atoms with Gasteiger partial charge in [-0.05, 0) is 53.6 Å². The molecule has 228 valence electrons. The van der Waals surface area contributed by atoms with Gasteiger partial charge in [-0.15, -0.1) is 0 Å². The van der Waals surface area contributed by atoms with Crippen LogP contribution in [0.4, 0.5) is 4.39 Å². The van der Waals surface area contributed by atoms with Crippen molar-refractivity contribution in [2.75, 3.05) is 0 Å². The van der Waals surface area contributed by atoms with Crippen LogP contribution in [-0.4, -0.2) is 43.1 Å². The molecule has 0 unspecified atom stereocenters. The van der Waals surface area contributed by atoms with Crippen molar-refractivity contribution in [1.29, 1.82) is 5.26 Å². The summed E-state index contributed by atoms with van der Waals surface area (Å²) in [6.45, 7) is 0. The lowest BCUT2D eigenvalue weighted by atomic mass is 9.70. The Morgan fingerprint density at radius 1 is 0.531 bits per heavy atom. The van der Waals surface area contributed by atoms with E-state index in [9.17, 15) is 5.26 Å². The van der Waals surface area contributed by atoms with Crippen LogP contribution in [0.3, 0.4) is 0 Å². The van der Waals surface area contributed by atoms with Gasteiger partial charge >= 0.3 is 0 Å². The lowest BCUT2D eigenvalue weighted by molar-refractivity contribution is 0.634. The molecule has 0 fully saturated rings. The topological polar surface area (TPSA) is 67.4 Å². The monoisotopic (exact) mass is 629 g/mol. The minimum atomic E-state index is -0.508. The van der Waals surface area contributed by atoms with Crippen molar-refractivity contribution in [3.8, 4) is 57.0 Å². The largest absolute Gasteiger partial charge is 0.309 e. The second-order valence-corrected chi connectivity index (χ2v) is 12.2. The Hall–Kier alpha value is -6.26. The van der Waals surface area contributed by atoms with Gasteiger partial charge in [-0.3, -0.25) is 0 Å². The number of aromatic nitrogens is 4. The summed E-state index contributed by atoms with van der Waals surface area (Å²) in [6, 6.07) is 45.4. The molecule has 0 atom stereocenters. The Morgan fingerprint density at radius 3 is 1.86 bits per heavy atom. The number of hydrogen-bond acceptors (Lipinski definition) is 4. The highest BCUT2D eigenvalue weighted by Gasteiger charge is 2.22. The third kappa shape index (κ3) is 5.10. The molecular formula is C40H27B3FN5. The van der Waals surface area contributed by atoms with Crippen LogP contribution < -0.4 is 16.4 Å². The van der Waals surface area contributed by atoms with Gasteiger partial charge in [-0.25, -0.2) is 19.3 Å². The highest BCUT2D eigenvalue weighted by molar-refractivity contribution is 6.54. The van der Waals surface area contributed by atoms with E-state index in [1.807, 2.05) is 62.4 Å². The molecule has 8 aromatic rings. The minimum absolute atomic E-state index is 0.00262. The summed E-state index contributed by atoms with van der Waals surface area (Å²) in [7, 11) is 5.30. The Morgan fingerprint density at radius 2 is 1.12 bits per heavy atom. The van der Waals surface area contributed by atoms with Crippen LogP contribution in [0.1, 0.15) is 5.56 Å². The fourth-order valence-corrected chi connectivity index (χ4v) is 6.76. The summed E-state index contributed by atoms with van der Waals surface area (Å²) < 4.78 is 17.5. The number of nitrogens with zero attached hydrogens (tertiary/aromatic N) is 5. The van der Waals surface area contributed by atoms with Gasteiger partial charge in [0.15, 0.2) is 17.5 Å². The first-order chi connectivity index (χ1) is 23.9. The van der Waals surface area contributed by atoms with Gasteiger partial charge in [0, 0.05) is 33.2 Å². The Bertz CT molecular complexity index is 2620. The molecule has 2 heterocycles. The van der Waals surface area contributed by atoms with E-state index in [2.05, 4.69) is 83.4 Å². The molecule has 6 aromatic carbocycles. The quantitative estimate of drug-likeness (QED) is 0.265. The number of fused-ring (bicyclic) bond motifs is 3. The molecule has 8 rings (SSSR count). The average Bonchev–Trinajstić information content (AvgIpc) is 3.48. The van der Waals surface area contributed by atoms with Crippen LogP contribution in [0.25, 0.3) is 72.8 Å². The molecule has 5 nitrogen and oxygen atoms in total. The second-order valence-electron chi connectivity index (χ2n) is 12.2. The number of halogens is 1. The van der Waals surface area contributed by atoms with E-state index in [1.165, 1.54) is 0 Å². The molecule has 0 aliphatic heterocycles. The van der Waals surface area contributed by atoms with Crippen molar-refractivity contribution in [2.24, 2.45) is 0 Å². The number of para-hydroxylation sites is 2. The van der Waals surface area contributed by atoms with Crippen molar-refractivity contribution in [1.82, 2.24) is 19.5 Å². The number of hydrogen-bond donors (Lipinski definition) is 0. The van der Waals surface area contributed by atoms with E-state index in [0.717, 1.165) is 49.7 Å². The molecule has 0 radical (unpaired) electrons. The van der Waals surface area contributed by atoms with E-state index >= 15 is 4.39 Å². The first kappa shape index (κ1) is 30.1. The van der Waals surface area contributed by atoms with Crippen LogP contribution in [-0.2, 0) is 0 Å². The van der Waals surface area contributed by atoms with Gasteiger partial charge in [0.2, 0.25) is 0 Å². The molecule has 9 heteroatoms. The predicted octanol–water partition coefficient (Wildman–Crippen LogP) is 4.42. The molecule has 0 N–H and O–H groups in total. The van der Waals surface area contributed by atoms with E-state index in [-0.39, 0.29) is 5.56 Å². The summed E-state index contributed by atoms with van der Waals surface area (Å²) in [5, 5.41) is 12.1. The van der Waals surface area contributed by atoms with Crippen molar-refractivity contribution in [3.05, 3.63) is 139 Å². The van der Waals surface area contributed by atoms with Gasteiger partial charge in [-0.1, -0.05) is 101 Å². The first-order valence-electron chi connectivity index (χ1n) is 16.1. The Kier molecular flexibility index (Phi) is 7.42. The van der Waals surface area contributed by atoms with Crippen molar-refractivity contribution >= 4 is 61.7 Å². The molecule has 0 aliphatic rings. The standard InChI is InChI=1S/C40H27B3FN5/c41-34-30(22-45)37(44)36(43)35(42)33(34)40-47-38(25-13-9-12-24(20-25)23-10-3-1-4-11-23)46-39(48-40)26-18-19-32-29(21-26)28-16-7-8-17-31(28)49(32)27-14-5-2-6-15-27/h1-21H,41-43H2. The second kappa shape index (κ2) is 12.1. The van der Waals surface area contributed by atoms with E-state index in [1.54, 1.807) is 15.7 Å². The Balaban J connectivity index is 1.38. The third-order valence-corrected chi connectivity index (χ3v) is 9.38. The SMILES string of the molecule is Bc1c(B)c(-c2nc(-c3cccc(-c4ccccc4)c3)nc(-c3ccc4c(c3)c3ccccc3n4-c3ccccc3)n2)c(B)c(C#N)c1F. The van der Waals surface area contributed by atoms with Crippen LogP contribution in [0, 0.1) is 17.1 Å². The van der Waals surface area contributed by atoms with E-state index < -0.39 is 5.82 Å². The average molecular weight is 629 g/mol. The van der Waals surface area contributed by atoms with Crippen molar-refractivity contribution in [2.45, 2.75) is 0 Å². The van der Waals surface area contributed by atoms with Gasteiger partial charge in [-0.2, -0.15) is 5.26 Å². The highest BCUT2D eigenvalue weighted by Crippen LogP contribution is 2.35. The number of benzene rings is 6. The van der Waals surface area contributed by atoms with Crippen LogP contribution in [0.2, 0.25) is 0 Å². The molecule has 0 aliphatic carbocycles. The lowest BCUT2D eigenvalue weighted by Gasteiger charge is -2.17.